The van der Waals surface area contributed by atoms with Crippen molar-refractivity contribution in [3.05, 3.63) is 0 Å². The molecule has 0 bridgehead atoms. The van der Waals surface area contributed by atoms with Crippen LogP contribution >= 0.6 is 0 Å². The van der Waals surface area contributed by atoms with Crippen LogP contribution in [0.3, 0.4) is 0 Å². The maximum absolute atomic E-state index is 10.2. The summed E-state index contributed by atoms with van der Waals surface area (Å²) in [4.78, 5) is 10.2. The Labute approximate surface area is 67.0 Å². The fourth-order valence-corrected chi connectivity index (χ4v) is 0.856. The third-order valence-electron chi connectivity index (χ3n) is 1.71. The van der Waals surface area contributed by atoms with Gasteiger partial charge in [0, 0.05) is 0 Å². The van der Waals surface area contributed by atoms with Crippen LogP contribution in [0.4, 0.5) is 0 Å². The van der Waals surface area contributed by atoms with E-state index in [-0.39, 0.29) is 0 Å². The molecule has 1 atom stereocenters. The summed E-state index contributed by atoms with van der Waals surface area (Å²) >= 11 is 0. The Morgan fingerprint density at radius 2 is 2.09 bits per heavy atom. The Morgan fingerprint density at radius 1 is 1.45 bits per heavy atom. The van der Waals surface area contributed by atoms with Gasteiger partial charge in [-0.2, -0.15) is 0 Å². The Bertz CT molecular complexity index is 114. The highest BCUT2D eigenvalue weighted by Gasteiger charge is 2.23. The van der Waals surface area contributed by atoms with Gasteiger partial charge in [0.2, 0.25) is 0 Å². The van der Waals surface area contributed by atoms with E-state index >= 15 is 0 Å². The molecule has 0 saturated heterocycles. The van der Waals surface area contributed by atoms with Crippen molar-refractivity contribution in [3.8, 4) is 0 Å². The van der Waals surface area contributed by atoms with Crippen molar-refractivity contribution in [2.24, 2.45) is 0 Å². The van der Waals surface area contributed by atoms with E-state index < -0.39 is 12.2 Å². The average molecular weight is 160 g/mol. The van der Waals surface area contributed by atoms with Gasteiger partial charge in [0.05, 0.1) is 6.61 Å². The molecule has 2 N–H and O–H groups in total. The molecule has 0 radical (unpaired) electrons. The van der Waals surface area contributed by atoms with Crippen LogP contribution in [-0.4, -0.2) is 28.7 Å². The van der Waals surface area contributed by atoms with Crippen LogP contribution in [0, 0.1) is 0 Å². The van der Waals surface area contributed by atoms with Gasteiger partial charge in [-0.05, 0) is 6.42 Å². The van der Waals surface area contributed by atoms with E-state index in [0.29, 0.717) is 12.7 Å². The summed E-state index contributed by atoms with van der Waals surface area (Å²) in [6.07, 6.45) is 3.59. The molecule has 0 aliphatic rings. The summed E-state index contributed by atoms with van der Waals surface area (Å²) in [5.74, 6) is 0. The summed E-state index contributed by atoms with van der Waals surface area (Å²) < 4.78 is 0. The first kappa shape index (κ1) is 10.6. The summed E-state index contributed by atoms with van der Waals surface area (Å²) in [6.45, 7) is 1.57. The zero-order valence-corrected chi connectivity index (χ0v) is 6.92. The SMILES string of the molecule is CCCCCC(O)(C=O)CO. The van der Waals surface area contributed by atoms with Crippen LogP contribution in [0.15, 0.2) is 0 Å². The molecule has 3 nitrogen and oxygen atoms in total. The first-order chi connectivity index (χ1) is 5.18. The molecule has 0 amide bonds. The van der Waals surface area contributed by atoms with E-state index in [9.17, 15) is 9.90 Å². The lowest BCUT2D eigenvalue weighted by Crippen LogP contribution is -2.34. The second-order valence-electron chi connectivity index (χ2n) is 2.84. The predicted octanol–water partition coefficient (Wildman–Crippen LogP) is 0.489. The third-order valence-corrected chi connectivity index (χ3v) is 1.71. The fourth-order valence-electron chi connectivity index (χ4n) is 0.856. The van der Waals surface area contributed by atoms with Crippen molar-refractivity contribution in [2.45, 2.75) is 38.2 Å². The molecule has 3 heteroatoms. The summed E-state index contributed by atoms with van der Waals surface area (Å²) in [5.41, 5.74) is -1.49. The highest BCUT2D eigenvalue weighted by Crippen LogP contribution is 2.11. The van der Waals surface area contributed by atoms with E-state index in [1.165, 1.54) is 0 Å². The fraction of sp³-hybridized carbons (Fsp3) is 0.875. The maximum atomic E-state index is 10.2. The number of aldehydes is 1. The standard InChI is InChI=1S/C8H16O3/c1-2-3-4-5-8(11,6-9)7-10/h6,10-11H,2-5,7H2,1H3. The van der Waals surface area contributed by atoms with Crippen molar-refractivity contribution < 1.29 is 15.0 Å². The zero-order valence-electron chi connectivity index (χ0n) is 6.92. The third kappa shape index (κ3) is 4.11. The maximum Gasteiger partial charge on any atom is 0.153 e. The van der Waals surface area contributed by atoms with Gasteiger partial charge in [-0.1, -0.05) is 26.2 Å². The van der Waals surface area contributed by atoms with Gasteiger partial charge in [-0.15, -0.1) is 0 Å². The predicted molar refractivity (Wildman–Crippen MR) is 42.2 cm³/mol. The highest BCUT2D eigenvalue weighted by molar-refractivity contribution is 5.61. The number of aliphatic hydroxyl groups is 2. The van der Waals surface area contributed by atoms with Crippen LogP contribution in [-0.2, 0) is 4.79 Å². The molecule has 0 rings (SSSR count). The van der Waals surface area contributed by atoms with Crippen molar-refractivity contribution >= 4 is 6.29 Å². The summed E-state index contributed by atoms with van der Waals surface area (Å²) in [6, 6.07) is 0. The van der Waals surface area contributed by atoms with E-state index in [1.807, 2.05) is 6.92 Å². The van der Waals surface area contributed by atoms with Gasteiger partial charge in [-0.25, -0.2) is 0 Å². The minimum Gasteiger partial charge on any atom is -0.393 e. The molecular formula is C8H16O3. The molecular weight excluding hydrogens is 144 g/mol. The first-order valence-corrected chi connectivity index (χ1v) is 3.98. The number of aliphatic hydroxyl groups excluding tert-OH is 1. The smallest absolute Gasteiger partial charge is 0.153 e. The lowest BCUT2D eigenvalue weighted by molar-refractivity contribution is -0.128. The average Bonchev–Trinajstić information content (AvgIpc) is 2.05. The largest absolute Gasteiger partial charge is 0.393 e. The van der Waals surface area contributed by atoms with Gasteiger partial charge in [0.15, 0.2) is 6.29 Å². The van der Waals surface area contributed by atoms with Crippen molar-refractivity contribution in [3.63, 3.8) is 0 Å². The second kappa shape index (κ2) is 5.27. The molecule has 0 fully saturated rings. The van der Waals surface area contributed by atoms with Gasteiger partial charge < -0.3 is 15.0 Å². The highest BCUT2D eigenvalue weighted by atomic mass is 16.3. The number of carbonyl (C=O) groups excluding carboxylic acids is 1. The van der Waals surface area contributed by atoms with E-state index in [4.69, 9.17) is 5.11 Å². The Balaban J connectivity index is 3.60. The lowest BCUT2D eigenvalue weighted by atomic mass is 9.99. The van der Waals surface area contributed by atoms with Crippen LogP contribution in [0.1, 0.15) is 32.6 Å². The number of unbranched alkanes of at least 4 members (excludes halogenated alkanes) is 2. The van der Waals surface area contributed by atoms with E-state index in [1.54, 1.807) is 0 Å². The molecule has 0 saturated carbocycles. The van der Waals surface area contributed by atoms with Crippen molar-refractivity contribution in [1.82, 2.24) is 0 Å². The van der Waals surface area contributed by atoms with Crippen LogP contribution in [0.5, 0.6) is 0 Å². The first-order valence-electron chi connectivity index (χ1n) is 3.98. The molecule has 0 heterocycles. The second-order valence-corrected chi connectivity index (χ2v) is 2.84. The van der Waals surface area contributed by atoms with Gasteiger partial charge >= 0.3 is 0 Å². The summed E-state index contributed by atoms with van der Waals surface area (Å²) in [7, 11) is 0. The minimum atomic E-state index is -1.49. The molecule has 0 aromatic heterocycles. The van der Waals surface area contributed by atoms with E-state index in [0.717, 1.165) is 19.3 Å². The van der Waals surface area contributed by atoms with E-state index in [2.05, 4.69) is 0 Å². The van der Waals surface area contributed by atoms with Gasteiger partial charge in [0.1, 0.15) is 5.60 Å². The molecule has 66 valence electrons. The van der Waals surface area contributed by atoms with Gasteiger partial charge in [0.25, 0.3) is 0 Å². The van der Waals surface area contributed by atoms with Crippen molar-refractivity contribution in [2.75, 3.05) is 6.61 Å². The molecule has 0 aliphatic carbocycles. The normalized spacial score (nSPS) is 15.9. The zero-order chi connectivity index (χ0) is 8.74. The van der Waals surface area contributed by atoms with Crippen molar-refractivity contribution in [1.29, 1.82) is 0 Å². The topological polar surface area (TPSA) is 57.5 Å². The monoisotopic (exact) mass is 160 g/mol. The Hall–Kier alpha value is -0.410. The lowest BCUT2D eigenvalue weighted by Gasteiger charge is -2.17. The number of hydrogen-bond acceptors (Lipinski definition) is 3. The molecule has 1 unspecified atom stereocenters. The Kier molecular flexibility index (Phi) is 5.07. The molecule has 0 aromatic carbocycles. The number of carbonyl (C=O) groups is 1. The Morgan fingerprint density at radius 3 is 2.45 bits per heavy atom. The molecule has 0 aromatic rings. The van der Waals surface area contributed by atoms with Crippen LogP contribution in [0.25, 0.3) is 0 Å². The molecule has 11 heavy (non-hydrogen) atoms. The number of rotatable bonds is 6. The minimum absolute atomic E-state index is 0.362. The quantitative estimate of drug-likeness (QED) is 0.439. The van der Waals surface area contributed by atoms with Crippen LogP contribution < -0.4 is 0 Å². The molecule has 0 aliphatic heterocycles. The van der Waals surface area contributed by atoms with Crippen LogP contribution in [0.2, 0.25) is 0 Å². The van der Waals surface area contributed by atoms with Gasteiger partial charge in [-0.3, -0.25) is 0 Å². The molecule has 0 spiro atoms. The number of hydrogen-bond donors (Lipinski definition) is 2. The summed E-state index contributed by atoms with van der Waals surface area (Å²) in [5, 5.41) is 17.8.